The largest absolute Gasteiger partial charge is 0.493 e. The van der Waals surface area contributed by atoms with E-state index in [0.29, 0.717) is 12.5 Å². The predicted octanol–water partition coefficient (Wildman–Crippen LogP) is 2.69. The van der Waals surface area contributed by atoms with Crippen molar-refractivity contribution in [3.05, 3.63) is 23.8 Å². The van der Waals surface area contributed by atoms with E-state index >= 15 is 0 Å². The Morgan fingerprint density at radius 1 is 1.24 bits per heavy atom. The van der Waals surface area contributed by atoms with Crippen molar-refractivity contribution in [2.24, 2.45) is 5.92 Å². The fourth-order valence-corrected chi connectivity index (χ4v) is 2.52. The zero-order valence-electron chi connectivity index (χ0n) is 13.3. The minimum atomic E-state index is -0.123. The van der Waals surface area contributed by atoms with Crippen LogP contribution in [0.5, 0.6) is 11.5 Å². The molecule has 0 aromatic heterocycles. The molecule has 0 unspecified atom stereocenters. The smallest absolute Gasteiger partial charge is 0.161 e. The van der Waals surface area contributed by atoms with Crippen LogP contribution in [-0.4, -0.2) is 42.9 Å². The molecule has 1 fully saturated rings. The molecule has 0 amide bonds. The molecule has 0 atom stereocenters. The minimum absolute atomic E-state index is 0.123. The highest BCUT2D eigenvalue weighted by atomic mass is 16.5. The van der Waals surface area contributed by atoms with Crippen LogP contribution in [0.1, 0.15) is 32.3 Å². The van der Waals surface area contributed by atoms with Gasteiger partial charge in [0, 0.05) is 19.6 Å². The molecule has 1 N–H and O–H groups in total. The molecule has 1 aliphatic rings. The molecule has 21 heavy (non-hydrogen) atoms. The molecular weight excluding hydrogens is 266 g/mol. The molecule has 1 aromatic carbocycles. The van der Waals surface area contributed by atoms with Crippen LogP contribution >= 0.6 is 0 Å². The predicted molar refractivity (Wildman–Crippen MR) is 83.8 cm³/mol. The maximum atomic E-state index is 9.56. The third-order valence-corrected chi connectivity index (χ3v) is 3.76. The van der Waals surface area contributed by atoms with Gasteiger partial charge in [-0.1, -0.05) is 19.9 Å². The maximum Gasteiger partial charge on any atom is 0.161 e. The first-order valence-corrected chi connectivity index (χ1v) is 7.78. The van der Waals surface area contributed by atoms with Gasteiger partial charge < -0.3 is 14.6 Å². The third-order valence-electron chi connectivity index (χ3n) is 3.76. The van der Waals surface area contributed by atoms with Crippen molar-refractivity contribution in [2.45, 2.75) is 39.3 Å². The van der Waals surface area contributed by atoms with Gasteiger partial charge in [0.1, 0.15) is 0 Å². The normalized spacial score (nSPS) is 17.2. The second-order valence-electron chi connectivity index (χ2n) is 6.20. The summed E-state index contributed by atoms with van der Waals surface area (Å²) in [4.78, 5) is 2.38. The van der Waals surface area contributed by atoms with Gasteiger partial charge in [-0.05, 0) is 36.5 Å². The summed E-state index contributed by atoms with van der Waals surface area (Å²) in [7, 11) is 1.67. The van der Waals surface area contributed by atoms with Crippen LogP contribution in [0.2, 0.25) is 0 Å². The average Bonchev–Trinajstić information content (AvgIpc) is 2.47. The van der Waals surface area contributed by atoms with Gasteiger partial charge in [0.05, 0.1) is 19.8 Å². The van der Waals surface area contributed by atoms with Crippen molar-refractivity contribution < 1.29 is 14.6 Å². The van der Waals surface area contributed by atoms with E-state index in [2.05, 4.69) is 30.9 Å². The van der Waals surface area contributed by atoms with E-state index in [1.54, 1.807) is 7.11 Å². The van der Waals surface area contributed by atoms with E-state index in [1.165, 1.54) is 5.56 Å². The number of aliphatic hydroxyl groups excluding tert-OH is 1. The lowest BCUT2D eigenvalue weighted by Crippen LogP contribution is -2.35. The Balaban J connectivity index is 2.01. The van der Waals surface area contributed by atoms with E-state index in [9.17, 15) is 5.11 Å². The molecule has 1 aromatic rings. The molecule has 1 aliphatic heterocycles. The van der Waals surface area contributed by atoms with Crippen molar-refractivity contribution in [2.75, 3.05) is 26.8 Å². The van der Waals surface area contributed by atoms with Gasteiger partial charge >= 0.3 is 0 Å². The fraction of sp³-hybridized carbons (Fsp3) is 0.647. The molecule has 2 rings (SSSR count). The highest BCUT2D eigenvalue weighted by molar-refractivity contribution is 5.43. The van der Waals surface area contributed by atoms with Crippen molar-refractivity contribution in [1.29, 1.82) is 0 Å². The average molecular weight is 293 g/mol. The number of likely N-dealkylation sites (tertiary alicyclic amines) is 1. The Bertz CT molecular complexity index is 440. The van der Waals surface area contributed by atoms with E-state index in [-0.39, 0.29) is 6.10 Å². The summed E-state index contributed by atoms with van der Waals surface area (Å²) in [6, 6.07) is 6.14. The summed E-state index contributed by atoms with van der Waals surface area (Å²) in [5, 5.41) is 9.56. The van der Waals surface area contributed by atoms with Gasteiger partial charge in [-0.15, -0.1) is 0 Å². The number of hydrogen-bond donors (Lipinski definition) is 1. The fourth-order valence-electron chi connectivity index (χ4n) is 2.52. The van der Waals surface area contributed by atoms with E-state index in [0.717, 1.165) is 44.0 Å². The first-order chi connectivity index (χ1) is 10.1. The summed E-state index contributed by atoms with van der Waals surface area (Å²) < 4.78 is 11.2. The molecule has 4 nitrogen and oxygen atoms in total. The van der Waals surface area contributed by atoms with Gasteiger partial charge in [-0.2, -0.15) is 0 Å². The lowest BCUT2D eigenvalue weighted by Gasteiger charge is -2.29. The van der Waals surface area contributed by atoms with Crippen LogP contribution in [0.15, 0.2) is 18.2 Å². The van der Waals surface area contributed by atoms with Crippen molar-refractivity contribution in [3.63, 3.8) is 0 Å². The van der Waals surface area contributed by atoms with E-state index in [1.807, 2.05) is 6.07 Å². The number of hydrogen-bond acceptors (Lipinski definition) is 4. The molecule has 0 spiro atoms. The molecule has 0 aliphatic carbocycles. The third kappa shape index (κ3) is 4.90. The summed E-state index contributed by atoms with van der Waals surface area (Å²) >= 11 is 0. The Morgan fingerprint density at radius 2 is 1.95 bits per heavy atom. The number of methoxy groups -OCH3 is 1. The Kier molecular flexibility index (Phi) is 5.88. The van der Waals surface area contributed by atoms with Crippen LogP contribution in [-0.2, 0) is 6.54 Å². The first-order valence-electron chi connectivity index (χ1n) is 7.78. The highest BCUT2D eigenvalue weighted by Crippen LogP contribution is 2.29. The lowest BCUT2D eigenvalue weighted by molar-refractivity contribution is 0.0792. The number of rotatable bonds is 6. The zero-order chi connectivity index (χ0) is 15.2. The monoisotopic (exact) mass is 293 g/mol. The SMILES string of the molecule is COc1ccc(CN2CCC(O)CC2)cc1OCC(C)C. The summed E-state index contributed by atoms with van der Waals surface area (Å²) in [6.45, 7) is 7.76. The topological polar surface area (TPSA) is 41.9 Å². The minimum Gasteiger partial charge on any atom is -0.493 e. The van der Waals surface area contributed by atoms with Crippen molar-refractivity contribution in [1.82, 2.24) is 4.90 Å². The Hall–Kier alpha value is -1.26. The molecule has 1 saturated heterocycles. The maximum absolute atomic E-state index is 9.56. The number of ether oxygens (including phenoxy) is 2. The van der Waals surface area contributed by atoms with Crippen LogP contribution < -0.4 is 9.47 Å². The number of nitrogens with zero attached hydrogens (tertiary/aromatic N) is 1. The molecule has 118 valence electrons. The molecule has 1 heterocycles. The van der Waals surface area contributed by atoms with Crippen LogP contribution in [0.25, 0.3) is 0 Å². The van der Waals surface area contributed by atoms with Gasteiger partial charge in [0.25, 0.3) is 0 Å². The van der Waals surface area contributed by atoms with E-state index in [4.69, 9.17) is 9.47 Å². The zero-order valence-corrected chi connectivity index (χ0v) is 13.3. The lowest BCUT2D eigenvalue weighted by atomic mass is 10.1. The Labute approximate surface area is 127 Å². The number of piperidine rings is 1. The van der Waals surface area contributed by atoms with Crippen molar-refractivity contribution in [3.8, 4) is 11.5 Å². The van der Waals surface area contributed by atoms with Crippen molar-refractivity contribution >= 4 is 0 Å². The van der Waals surface area contributed by atoms with Gasteiger partial charge in [-0.3, -0.25) is 4.90 Å². The van der Waals surface area contributed by atoms with Gasteiger partial charge in [0.15, 0.2) is 11.5 Å². The molecule has 0 radical (unpaired) electrons. The van der Waals surface area contributed by atoms with Crippen LogP contribution in [0.3, 0.4) is 0 Å². The molecule has 4 heteroatoms. The van der Waals surface area contributed by atoms with Crippen LogP contribution in [0.4, 0.5) is 0 Å². The van der Waals surface area contributed by atoms with Crippen LogP contribution in [0, 0.1) is 5.92 Å². The molecular formula is C17H27NO3. The molecule has 0 saturated carbocycles. The number of aliphatic hydroxyl groups is 1. The molecule has 0 bridgehead atoms. The summed E-state index contributed by atoms with van der Waals surface area (Å²) in [6.07, 6.45) is 1.61. The van der Waals surface area contributed by atoms with Gasteiger partial charge in [-0.25, -0.2) is 0 Å². The summed E-state index contributed by atoms with van der Waals surface area (Å²) in [5.41, 5.74) is 1.23. The quantitative estimate of drug-likeness (QED) is 0.875. The number of benzene rings is 1. The second kappa shape index (κ2) is 7.66. The first kappa shape index (κ1) is 16.1. The Morgan fingerprint density at radius 3 is 2.57 bits per heavy atom. The summed E-state index contributed by atoms with van der Waals surface area (Å²) in [5.74, 6) is 2.09. The van der Waals surface area contributed by atoms with Gasteiger partial charge in [0.2, 0.25) is 0 Å². The highest BCUT2D eigenvalue weighted by Gasteiger charge is 2.17. The standard InChI is InChI=1S/C17H27NO3/c1-13(2)12-21-17-10-14(4-5-16(17)20-3)11-18-8-6-15(19)7-9-18/h4-5,10,13,15,19H,6-9,11-12H2,1-3H3. The van der Waals surface area contributed by atoms with E-state index < -0.39 is 0 Å². The second-order valence-corrected chi connectivity index (χ2v) is 6.20.